The van der Waals surface area contributed by atoms with Crippen LogP contribution in [-0.4, -0.2) is 46.7 Å². The van der Waals surface area contributed by atoms with Gasteiger partial charge in [0.15, 0.2) is 5.82 Å². The molecule has 3 heterocycles. The van der Waals surface area contributed by atoms with Gasteiger partial charge >= 0.3 is 0 Å². The summed E-state index contributed by atoms with van der Waals surface area (Å²) in [6.07, 6.45) is 2.96. The second-order valence-electron chi connectivity index (χ2n) is 8.39. The number of primary amides is 1. The van der Waals surface area contributed by atoms with Gasteiger partial charge < -0.3 is 25.3 Å². The fraction of sp³-hybridized carbons (Fsp3) is 0.192. The summed E-state index contributed by atoms with van der Waals surface area (Å²) >= 11 is 0. The van der Waals surface area contributed by atoms with Crippen LogP contribution >= 0.6 is 0 Å². The number of ether oxygens (including phenoxy) is 1. The highest BCUT2D eigenvalue weighted by Gasteiger charge is 2.17. The van der Waals surface area contributed by atoms with Crippen LogP contribution in [0.25, 0.3) is 27.7 Å². The molecule has 0 unspecified atom stereocenters. The number of rotatable bonds is 6. The summed E-state index contributed by atoms with van der Waals surface area (Å²) < 4.78 is 22.1. The molecule has 0 atom stereocenters. The Morgan fingerprint density at radius 3 is 2.63 bits per heavy atom. The Hall–Kier alpha value is -4.24. The quantitative estimate of drug-likeness (QED) is 0.414. The van der Waals surface area contributed by atoms with Crippen molar-refractivity contribution < 1.29 is 13.9 Å². The van der Waals surface area contributed by atoms with Crippen LogP contribution in [0.3, 0.4) is 0 Å². The van der Waals surface area contributed by atoms with Crippen LogP contribution in [0.1, 0.15) is 5.56 Å². The van der Waals surface area contributed by atoms with Gasteiger partial charge in [0.05, 0.1) is 19.4 Å². The first-order valence-electron chi connectivity index (χ1n) is 11.2. The van der Waals surface area contributed by atoms with Gasteiger partial charge in [0.25, 0.3) is 0 Å². The Morgan fingerprint density at radius 2 is 1.91 bits per heavy atom. The zero-order chi connectivity index (χ0) is 24.5. The lowest BCUT2D eigenvalue weighted by molar-refractivity contribution is -0.112. The third-order valence-electron chi connectivity index (χ3n) is 6.14. The van der Waals surface area contributed by atoms with Crippen molar-refractivity contribution >= 4 is 39.7 Å². The molecule has 178 valence electrons. The lowest BCUT2D eigenvalue weighted by Gasteiger charge is -2.28. The highest BCUT2D eigenvalue weighted by molar-refractivity contribution is 6.18. The van der Waals surface area contributed by atoms with Crippen LogP contribution in [-0.2, 0) is 16.6 Å². The molecule has 9 heteroatoms. The van der Waals surface area contributed by atoms with Crippen molar-refractivity contribution in [3.05, 3.63) is 72.8 Å². The van der Waals surface area contributed by atoms with Crippen molar-refractivity contribution in [2.45, 2.75) is 0 Å². The first-order valence-corrected chi connectivity index (χ1v) is 11.2. The number of carbonyl (C=O) groups excluding carboxylic acids is 1. The van der Waals surface area contributed by atoms with Crippen LogP contribution in [0.2, 0.25) is 0 Å². The standard InChI is InChI=1S/C26H25FN6O2/c1-16(25(28)34)17-3-8-20-21(15-32(2)23(20)13-17)24-22(27)14-29-26(31-24)30-18-4-6-19(7-5-18)33-9-11-35-12-10-33/h3-8,13-15H,1,9-12H2,2H3,(H2,28,34)(H,29,30,31). The van der Waals surface area contributed by atoms with E-state index >= 15 is 0 Å². The van der Waals surface area contributed by atoms with Crippen LogP contribution in [0.5, 0.6) is 0 Å². The molecule has 0 spiro atoms. The predicted molar refractivity (Wildman–Crippen MR) is 135 cm³/mol. The molecule has 1 amide bonds. The van der Waals surface area contributed by atoms with Crippen molar-refractivity contribution in [1.82, 2.24) is 14.5 Å². The summed E-state index contributed by atoms with van der Waals surface area (Å²) in [4.78, 5) is 22.4. The number of hydrogen-bond donors (Lipinski definition) is 2. The van der Waals surface area contributed by atoms with Gasteiger partial charge in [-0.3, -0.25) is 4.79 Å². The molecule has 4 aromatic rings. The maximum absolute atomic E-state index is 14.9. The third kappa shape index (κ3) is 4.45. The predicted octanol–water partition coefficient (Wildman–Crippen LogP) is 3.85. The number of halogens is 1. The third-order valence-corrected chi connectivity index (χ3v) is 6.14. The van der Waals surface area contributed by atoms with Gasteiger partial charge in [-0.05, 0) is 35.9 Å². The number of fused-ring (bicyclic) bond motifs is 1. The number of hydrogen-bond acceptors (Lipinski definition) is 6. The van der Waals surface area contributed by atoms with E-state index in [9.17, 15) is 9.18 Å². The van der Waals surface area contributed by atoms with E-state index < -0.39 is 11.7 Å². The van der Waals surface area contributed by atoms with Gasteiger partial charge in [0, 0.05) is 59.7 Å². The zero-order valence-corrected chi connectivity index (χ0v) is 19.3. The summed E-state index contributed by atoms with van der Waals surface area (Å²) in [5.41, 5.74) is 9.71. The lowest BCUT2D eigenvalue weighted by Crippen LogP contribution is -2.36. The second-order valence-corrected chi connectivity index (χ2v) is 8.39. The van der Waals surface area contributed by atoms with Crippen LogP contribution < -0.4 is 16.0 Å². The molecule has 2 aromatic heterocycles. The van der Waals surface area contributed by atoms with E-state index in [1.54, 1.807) is 18.3 Å². The average Bonchev–Trinajstić information content (AvgIpc) is 3.21. The summed E-state index contributed by atoms with van der Waals surface area (Å²) in [5.74, 6) is -0.832. The molecular formula is C26H25FN6O2. The number of carbonyl (C=O) groups is 1. The normalized spacial score (nSPS) is 13.7. The van der Waals surface area contributed by atoms with Gasteiger partial charge in [0.2, 0.25) is 11.9 Å². The van der Waals surface area contributed by atoms with Gasteiger partial charge in [0.1, 0.15) is 5.69 Å². The summed E-state index contributed by atoms with van der Waals surface area (Å²) in [6, 6.07) is 13.3. The van der Waals surface area contributed by atoms with Gasteiger partial charge in [-0.1, -0.05) is 18.7 Å². The van der Waals surface area contributed by atoms with Crippen molar-refractivity contribution in [3.8, 4) is 11.3 Å². The number of aryl methyl sites for hydroxylation is 1. The molecule has 1 aliphatic rings. The molecule has 1 aliphatic heterocycles. The summed E-state index contributed by atoms with van der Waals surface area (Å²) in [7, 11) is 1.84. The van der Waals surface area contributed by atoms with Gasteiger partial charge in [-0.15, -0.1) is 0 Å². The fourth-order valence-corrected chi connectivity index (χ4v) is 4.23. The van der Waals surface area contributed by atoms with E-state index in [0.29, 0.717) is 11.1 Å². The molecule has 8 nitrogen and oxygen atoms in total. The smallest absolute Gasteiger partial charge is 0.248 e. The van der Waals surface area contributed by atoms with Crippen LogP contribution in [0.15, 0.2) is 61.4 Å². The Morgan fingerprint density at radius 1 is 1.17 bits per heavy atom. The molecule has 0 radical (unpaired) electrons. The summed E-state index contributed by atoms with van der Waals surface area (Å²) in [5, 5.41) is 3.95. The van der Waals surface area contributed by atoms with E-state index in [1.807, 2.05) is 41.9 Å². The first-order chi connectivity index (χ1) is 16.9. The van der Waals surface area contributed by atoms with Gasteiger partial charge in [-0.2, -0.15) is 0 Å². The number of nitrogens with one attached hydrogen (secondary N) is 1. The lowest BCUT2D eigenvalue weighted by atomic mass is 10.0. The number of benzene rings is 2. The number of nitrogens with zero attached hydrogens (tertiary/aromatic N) is 4. The fourth-order valence-electron chi connectivity index (χ4n) is 4.23. The minimum absolute atomic E-state index is 0.180. The maximum Gasteiger partial charge on any atom is 0.248 e. The second kappa shape index (κ2) is 9.19. The zero-order valence-electron chi connectivity index (χ0n) is 19.3. The van der Waals surface area contributed by atoms with Crippen molar-refractivity contribution in [2.75, 3.05) is 36.5 Å². The van der Waals surface area contributed by atoms with E-state index in [0.717, 1.165) is 54.8 Å². The van der Waals surface area contributed by atoms with E-state index in [4.69, 9.17) is 10.5 Å². The number of nitrogens with two attached hydrogens (primary N) is 1. The molecule has 0 aliphatic carbocycles. The summed E-state index contributed by atoms with van der Waals surface area (Å²) in [6.45, 7) is 6.91. The molecule has 1 saturated heterocycles. The number of anilines is 3. The molecule has 0 saturated carbocycles. The van der Waals surface area contributed by atoms with Crippen molar-refractivity contribution in [1.29, 1.82) is 0 Å². The molecular weight excluding hydrogens is 447 g/mol. The van der Waals surface area contributed by atoms with Crippen LogP contribution in [0.4, 0.5) is 21.7 Å². The number of aromatic nitrogens is 3. The molecule has 3 N–H and O–H groups in total. The Labute approximate surface area is 201 Å². The number of morpholine rings is 1. The minimum atomic E-state index is -0.589. The van der Waals surface area contributed by atoms with Gasteiger partial charge in [-0.25, -0.2) is 14.4 Å². The number of amides is 1. The topological polar surface area (TPSA) is 98.3 Å². The van der Waals surface area contributed by atoms with Crippen molar-refractivity contribution in [3.63, 3.8) is 0 Å². The van der Waals surface area contributed by atoms with E-state index in [-0.39, 0.29) is 17.2 Å². The van der Waals surface area contributed by atoms with Crippen LogP contribution in [0, 0.1) is 5.82 Å². The molecule has 2 aromatic carbocycles. The Kier molecular flexibility index (Phi) is 5.92. The Balaban J connectivity index is 1.43. The molecule has 5 rings (SSSR count). The van der Waals surface area contributed by atoms with E-state index in [1.165, 1.54) is 0 Å². The SMILES string of the molecule is C=C(C(N)=O)c1ccc2c(-c3nc(Nc4ccc(N5CCOCC5)cc4)ncc3F)cn(C)c2c1. The highest BCUT2D eigenvalue weighted by atomic mass is 19.1. The van der Waals surface area contributed by atoms with Crippen molar-refractivity contribution in [2.24, 2.45) is 12.8 Å². The Bertz CT molecular complexity index is 1420. The molecule has 35 heavy (non-hydrogen) atoms. The average molecular weight is 473 g/mol. The molecule has 0 bridgehead atoms. The molecule has 1 fully saturated rings. The highest BCUT2D eigenvalue weighted by Crippen LogP contribution is 2.33. The monoisotopic (exact) mass is 472 g/mol. The largest absolute Gasteiger partial charge is 0.378 e. The van der Waals surface area contributed by atoms with E-state index in [2.05, 4.69) is 26.8 Å². The minimum Gasteiger partial charge on any atom is -0.378 e. The maximum atomic E-state index is 14.9. The first kappa shape index (κ1) is 22.5.